The SMILES string of the molecule is CCCCCCCCCCCCCCCCCCCCCCCCCCCCCCCCCCCCCCCCC. The average Bonchev–Trinajstić information content (AvgIpc) is 2.98. The molecule has 0 rings (SSSR count). The average molecular weight is 577 g/mol. The minimum atomic E-state index is 1.37. The topological polar surface area (TPSA) is 0 Å². The molecule has 0 bridgehead atoms. The van der Waals surface area contributed by atoms with Gasteiger partial charge in [-0.3, -0.25) is 0 Å². The van der Waals surface area contributed by atoms with Gasteiger partial charge in [0, 0.05) is 0 Å². The van der Waals surface area contributed by atoms with E-state index in [2.05, 4.69) is 13.8 Å². The van der Waals surface area contributed by atoms with Gasteiger partial charge in [0.25, 0.3) is 0 Å². The molecule has 248 valence electrons. The molecule has 0 aliphatic carbocycles. The summed E-state index contributed by atoms with van der Waals surface area (Å²) in [7, 11) is 0. The Balaban J connectivity index is 3.02. The Morgan fingerprint density at radius 2 is 0.195 bits per heavy atom. The smallest absolute Gasteiger partial charge is 0.0533 e. The van der Waals surface area contributed by atoms with E-state index in [0.717, 1.165) is 0 Å². The molecular weight excluding hydrogens is 492 g/mol. The molecule has 0 unspecified atom stereocenters. The van der Waals surface area contributed by atoms with Crippen LogP contribution in [-0.2, 0) is 0 Å². The lowest BCUT2D eigenvalue weighted by atomic mass is 10.0. The number of hydrogen-bond donors (Lipinski definition) is 0. The Labute approximate surface area is 263 Å². The second kappa shape index (κ2) is 40.0. The van der Waals surface area contributed by atoms with Crippen LogP contribution >= 0.6 is 0 Å². The third-order valence-electron chi connectivity index (χ3n) is 9.71. The fourth-order valence-corrected chi connectivity index (χ4v) is 6.69. The van der Waals surface area contributed by atoms with Crippen molar-refractivity contribution in [3.8, 4) is 0 Å². The van der Waals surface area contributed by atoms with Gasteiger partial charge in [0.15, 0.2) is 0 Å². The summed E-state index contributed by atoms with van der Waals surface area (Å²) in [5.74, 6) is 0. The molecule has 0 atom stereocenters. The molecule has 0 nitrogen and oxygen atoms in total. The molecular formula is C41H84. The van der Waals surface area contributed by atoms with Crippen molar-refractivity contribution in [2.24, 2.45) is 0 Å². The molecule has 0 aromatic carbocycles. The Hall–Kier alpha value is 0. The number of hydrogen-bond acceptors (Lipinski definition) is 0. The van der Waals surface area contributed by atoms with Gasteiger partial charge >= 0.3 is 0 Å². The maximum absolute atomic E-state index is 2.31. The molecule has 0 fully saturated rings. The predicted molar refractivity (Wildman–Crippen MR) is 191 cm³/mol. The van der Waals surface area contributed by atoms with E-state index in [1.54, 1.807) is 0 Å². The highest BCUT2D eigenvalue weighted by Gasteiger charge is 1.97. The van der Waals surface area contributed by atoms with E-state index < -0.39 is 0 Å². The van der Waals surface area contributed by atoms with Crippen LogP contribution in [0.1, 0.15) is 264 Å². The van der Waals surface area contributed by atoms with Crippen molar-refractivity contribution in [2.75, 3.05) is 0 Å². The van der Waals surface area contributed by atoms with Crippen molar-refractivity contribution in [3.05, 3.63) is 0 Å². The second-order valence-corrected chi connectivity index (χ2v) is 14.1. The summed E-state index contributed by atoms with van der Waals surface area (Å²) >= 11 is 0. The van der Waals surface area contributed by atoms with E-state index in [1.807, 2.05) is 0 Å². The highest BCUT2D eigenvalue weighted by molar-refractivity contribution is 4.53. The van der Waals surface area contributed by atoms with Crippen molar-refractivity contribution < 1.29 is 0 Å². The Kier molecular flexibility index (Phi) is 40.0. The summed E-state index contributed by atoms with van der Waals surface area (Å²) in [6.45, 7) is 4.62. The van der Waals surface area contributed by atoms with Crippen LogP contribution < -0.4 is 0 Å². The molecule has 0 heterocycles. The number of unbranched alkanes of at least 4 members (excludes halogenated alkanes) is 38. The largest absolute Gasteiger partial charge is 0.0654 e. The molecule has 0 saturated heterocycles. The van der Waals surface area contributed by atoms with Gasteiger partial charge in [-0.2, -0.15) is 0 Å². The van der Waals surface area contributed by atoms with Gasteiger partial charge in [-0.15, -0.1) is 0 Å². The van der Waals surface area contributed by atoms with E-state index in [1.165, 1.54) is 250 Å². The monoisotopic (exact) mass is 577 g/mol. The molecule has 0 aliphatic heterocycles. The van der Waals surface area contributed by atoms with Gasteiger partial charge in [0.1, 0.15) is 0 Å². The van der Waals surface area contributed by atoms with E-state index in [0.29, 0.717) is 0 Å². The van der Waals surface area contributed by atoms with Crippen molar-refractivity contribution >= 4 is 0 Å². The summed E-state index contributed by atoms with van der Waals surface area (Å²) in [6.07, 6.45) is 57.9. The van der Waals surface area contributed by atoms with Crippen LogP contribution in [0.25, 0.3) is 0 Å². The summed E-state index contributed by atoms with van der Waals surface area (Å²) in [4.78, 5) is 0. The molecule has 41 heavy (non-hydrogen) atoms. The summed E-state index contributed by atoms with van der Waals surface area (Å²) < 4.78 is 0. The molecule has 0 N–H and O–H groups in total. The van der Waals surface area contributed by atoms with Gasteiger partial charge in [-0.25, -0.2) is 0 Å². The van der Waals surface area contributed by atoms with Crippen LogP contribution in [0.5, 0.6) is 0 Å². The van der Waals surface area contributed by atoms with Gasteiger partial charge < -0.3 is 0 Å². The van der Waals surface area contributed by atoms with Crippen molar-refractivity contribution in [1.82, 2.24) is 0 Å². The maximum atomic E-state index is 2.31. The van der Waals surface area contributed by atoms with Crippen LogP contribution in [0, 0.1) is 0 Å². The zero-order valence-corrected chi connectivity index (χ0v) is 29.6. The van der Waals surface area contributed by atoms with Crippen molar-refractivity contribution in [2.45, 2.75) is 264 Å². The number of rotatable bonds is 38. The van der Waals surface area contributed by atoms with Crippen molar-refractivity contribution in [1.29, 1.82) is 0 Å². The summed E-state index contributed by atoms with van der Waals surface area (Å²) in [6, 6.07) is 0. The van der Waals surface area contributed by atoms with Crippen LogP contribution in [0.2, 0.25) is 0 Å². The lowest BCUT2D eigenvalue weighted by molar-refractivity contribution is 0.510. The first-order chi connectivity index (χ1) is 20.4. The molecule has 0 saturated carbocycles. The maximum Gasteiger partial charge on any atom is -0.0533 e. The fraction of sp³-hybridized carbons (Fsp3) is 1.00. The van der Waals surface area contributed by atoms with Crippen LogP contribution in [0.4, 0.5) is 0 Å². The van der Waals surface area contributed by atoms with E-state index >= 15 is 0 Å². The van der Waals surface area contributed by atoms with E-state index in [4.69, 9.17) is 0 Å². The lowest BCUT2D eigenvalue weighted by Crippen LogP contribution is -1.85. The first-order valence-corrected chi connectivity index (χ1v) is 20.4. The third-order valence-corrected chi connectivity index (χ3v) is 9.71. The van der Waals surface area contributed by atoms with E-state index in [-0.39, 0.29) is 0 Å². The van der Waals surface area contributed by atoms with Crippen LogP contribution in [0.3, 0.4) is 0 Å². The molecule has 0 spiro atoms. The third kappa shape index (κ3) is 40.0. The summed E-state index contributed by atoms with van der Waals surface area (Å²) in [5, 5.41) is 0. The predicted octanol–water partition coefficient (Wildman–Crippen LogP) is 16.2. The molecule has 0 heteroatoms. The first kappa shape index (κ1) is 41.0. The van der Waals surface area contributed by atoms with E-state index in [9.17, 15) is 0 Å². The minimum absolute atomic E-state index is 1.37. The van der Waals surface area contributed by atoms with Gasteiger partial charge in [-0.1, -0.05) is 264 Å². The zero-order chi connectivity index (χ0) is 29.6. The highest BCUT2D eigenvalue weighted by Crippen LogP contribution is 2.17. The van der Waals surface area contributed by atoms with Crippen LogP contribution in [0.15, 0.2) is 0 Å². The van der Waals surface area contributed by atoms with Gasteiger partial charge in [0.2, 0.25) is 0 Å². The zero-order valence-electron chi connectivity index (χ0n) is 29.6. The standard InChI is InChI=1S/C41H84/c1-3-5-7-9-11-13-15-17-19-21-23-25-27-29-31-33-35-37-39-41-40-38-36-34-32-30-28-26-24-22-20-18-16-14-12-10-8-6-4-2/h3-41H2,1-2H3. The highest BCUT2D eigenvalue weighted by atomic mass is 14.0. The molecule has 0 aromatic rings. The fourth-order valence-electron chi connectivity index (χ4n) is 6.69. The van der Waals surface area contributed by atoms with Crippen molar-refractivity contribution in [3.63, 3.8) is 0 Å². The lowest BCUT2D eigenvalue weighted by Gasteiger charge is -2.05. The van der Waals surface area contributed by atoms with Gasteiger partial charge in [-0.05, 0) is 0 Å². The molecule has 0 aliphatic rings. The Bertz CT molecular complexity index is 374. The molecule has 0 amide bonds. The second-order valence-electron chi connectivity index (χ2n) is 14.1. The Morgan fingerprint density at radius 1 is 0.122 bits per heavy atom. The Morgan fingerprint density at radius 3 is 0.268 bits per heavy atom. The normalized spacial score (nSPS) is 11.6. The van der Waals surface area contributed by atoms with Gasteiger partial charge in [0.05, 0.1) is 0 Å². The molecule has 0 aromatic heterocycles. The quantitative estimate of drug-likeness (QED) is 0.0641. The minimum Gasteiger partial charge on any atom is -0.0654 e. The summed E-state index contributed by atoms with van der Waals surface area (Å²) in [5.41, 5.74) is 0. The molecule has 0 radical (unpaired) electrons. The van der Waals surface area contributed by atoms with Crippen LogP contribution in [-0.4, -0.2) is 0 Å². The first-order valence-electron chi connectivity index (χ1n) is 20.4.